The maximum Gasteiger partial charge on any atom is 0.174 e. The molecule has 5 rings (SSSR count). The molecule has 3 N–H and O–H groups in total. The van der Waals surface area contributed by atoms with E-state index < -0.39 is 0 Å². The molecule has 0 atom stereocenters. The molecule has 33 heavy (non-hydrogen) atoms. The van der Waals surface area contributed by atoms with Gasteiger partial charge in [-0.15, -0.1) is 0 Å². The second kappa shape index (κ2) is 9.79. The number of aromatic nitrogens is 4. The number of hydrogen-bond acceptors (Lipinski definition) is 6. The highest BCUT2D eigenvalue weighted by molar-refractivity contribution is 6.01. The fourth-order valence-electron chi connectivity index (χ4n) is 5.42. The van der Waals surface area contributed by atoms with Crippen LogP contribution in [0.2, 0.25) is 0 Å². The van der Waals surface area contributed by atoms with Gasteiger partial charge in [-0.1, -0.05) is 11.6 Å². The molecule has 1 saturated carbocycles. The van der Waals surface area contributed by atoms with Crippen molar-refractivity contribution in [1.29, 1.82) is 5.26 Å². The Labute approximate surface area is 193 Å². The Morgan fingerprint density at radius 1 is 1.24 bits per heavy atom. The Bertz CT molecular complexity index is 1160. The van der Waals surface area contributed by atoms with Crippen molar-refractivity contribution in [3.8, 4) is 6.07 Å². The SMILES string of the molecule is N#CC[C@H]1CC[C@H](n2c(CON=C(N)CN3CCCCC3)nc3cnc4[nH]ccc4c32)CC1. The van der Waals surface area contributed by atoms with Gasteiger partial charge in [-0.05, 0) is 63.6 Å². The predicted molar refractivity (Wildman–Crippen MR) is 127 cm³/mol. The number of nitriles is 1. The number of nitrogens with two attached hydrogens (primary N) is 1. The molecule has 0 amide bonds. The first-order valence-electron chi connectivity index (χ1n) is 12.1. The second-order valence-electron chi connectivity index (χ2n) is 9.36. The van der Waals surface area contributed by atoms with Gasteiger partial charge in [0.15, 0.2) is 18.3 Å². The molecule has 0 radical (unpaired) electrons. The Balaban J connectivity index is 1.38. The van der Waals surface area contributed by atoms with E-state index in [-0.39, 0.29) is 6.61 Å². The summed E-state index contributed by atoms with van der Waals surface area (Å²) < 4.78 is 2.33. The van der Waals surface area contributed by atoms with Crippen molar-refractivity contribution in [2.24, 2.45) is 16.8 Å². The average molecular weight is 449 g/mol. The second-order valence-corrected chi connectivity index (χ2v) is 9.36. The van der Waals surface area contributed by atoms with Crippen molar-refractivity contribution in [1.82, 2.24) is 24.4 Å². The van der Waals surface area contributed by atoms with Crippen LogP contribution < -0.4 is 5.73 Å². The lowest BCUT2D eigenvalue weighted by Gasteiger charge is -2.29. The van der Waals surface area contributed by atoms with Crippen LogP contribution in [0.15, 0.2) is 23.6 Å². The maximum absolute atomic E-state index is 9.08. The number of hydrogen-bond donors (Lipinski definition) is 2. The highest BCUT2D eigenvalue weighted by atomic mass is 16.6. The van der Waals surface area contributed by atoms with Gasteiger partial charge in [0.2, 0.25) is 0 Å². The highest BCUT2D eigenvalue weighted by Crippen LogP contribution is 2.38. The van der Waals surface area contributed by atoms with Gasteiger partial charge in [0.05, 0.1) is 24.3 Å². The third-order valence-electron chi connectivity index (χ3n) is 7.08. The molecule has 3 aromatic heterocycles. The first-order chi connectivity index (χ1) is 16.2. The average Bonchev–Trinajstić information content (AvgIpc) is 3.45. The van der Waals surface area contributed by atoms with E-state index in [9.17, 15) is 0 Å². The number of nitrogens with one attached hydrogen (secondary N) is 1. The lowest BCUT2D eigenvalue weighted by atomic mass is 9.84. The van der Waals surface area contributed by atoms with Crippen LogP contribution in [0.25, 0.3) is 22.1 Å². The molecule has 0 spiro atoms. The number of oxime groups is 1. The van der Waals surface area contributed by atoms with E-state index in [0.29, 0.717) is 30.8 Å². The van der Waals surface area contributed by atoms with Crippen molar-refractivity contribution in [2.45, 2.75) is 64.0 Å². The minimum absolute atomic E-state index is 0.263. The number of piperidine rings is 1. The van der Waals surface area contributed by atoms with Gasteiger partial charge in [0.1, 0.15) is 11.2 Å². The molecule has 1 saturated heterocycles. The Kier molecular flexibility index (Phi) is 6.44. The highest BCUT2D eigenvalue weighted by Gasteiger charge is 2.27. The fourth-order valence-corrected chi connectivity index (χ4v) is 5.42. The van der Waals surface area contributed by atoms with Gasteiger partial charge >= 0.3 is 0 Å². The first-order valence-corrected chi connectivity index (χ1v) is 12.1. The van der Waals surface area contributed by atoms with Gasteiger partial charge in [0.25, 0.3) is 0 Å². The summed E-state index contributed by atoms with van der Waals surface area (Å²) in [5.41, 5.74) is 8.96. The lowest BCUT2D eigenvalue weighted by Crippen LogP contribution is -2.37. The molecule has 2 aliphatic rings. The maximum atomic E-state index is 9.08. The normalized spacial score (nSPS) is 22.6. The van der Waals surface area contributed by atoms with E-state index in [1.165, 1.54) is 19.3 Å². The fraction of sp³-hybridized carbons (Fsp3) is 0.583. The molecule has 4 heterocycles. The summed E-state index contributed by atoms with van der Waals surface area (Å²) in [5.74, 6) is 1.85. The Morgan fingerprint density at radius 3 is 2.85 bits per heavy atom. The number of nitrogens with zero attached hydrogens (tertiary/aromatic N) is 6. The monoisotopic (exact) mass is 448 g/mol. The van der Waals surface area contributed by atoms with Crippen molar-refractivity contribution in [2.75, 3.05) is 19.6 Å². The third kappa shape index (κ3) is 4.67. The predicted octanol–water partition coefficient (Wildman–Crippen LogP) is 3.83. The van der Waals surface area contributed by atoms with Crippen LogP contribution >= 0.6 is 0 Å². The summed E-state index contributed by atoms with van der Waals surface area (Å²) in [6.07, 6.45) is 12.3. The molecular weight excluding hydrogens is 416 g/mol. The molecule has 3 aromatic rings. The van der Waals surface area contributed by atoms with E-state index in [1.54, 1.807) is 0 Å². The quantitative estimate of drug-likeness (QED) is 0.322. The van der Waals surface area contributed by atoms with Crippen LogP contribution in [0.5, 0.6) is 0 Å². The van der Waals surface area contributed by atoms with Gasteiger partial charge < -0.3 is 20.1 Å². The van der Waals surface area contributed by atoms with E-state index in [1.807, 2.05) is 12.4 Å². The minimum atomic E-state index is 0.263. The van der Waals surface area contributed by atoms with Crippen LogP contribution in [0.1, 0.15) is 63.2 Å². The van der Waals surface area contributed by atoms with Crippen molar-refractivity contribution in [3.63, 3.8) is 0 Å². The Morgan fingerprint density at radius 2 is 2.06 bits per heavy atom. The van der Waals surface area contributed by atoms with Crippen molar-refractivity contribution >= 4 is 27.9 Å². The molecule has 1 aliphatic carbocycles. The number of imidazole rings is 1. The first kappa shape index (κ1) is 21.7. The van der Waals surface area contributed by atoms with Crippen LogP contribution in [0, 0.1) is 17.2 Å². The standard InChI is InChI=1S/C24H32N8O/c25-10-8-17-4-6-18(7-5-17)32-22(16-33-30-21(26)15-31-12-2-1-3-13-31)29-20-14-28-24-19(23(20)32)9-11-27-24/h9,11,14,17-18H,1-8,12-13,15-16H2,(H2,26,30)(H,27,28)/t17-,18-. The zero-order valence-corrected chi connectivity index (χ0v) is 19.0. The summed E-state index contributed by atoms with van der Waals surface area (Å²) in [6.45, 7) is 3.05. The van der Waals surface area contributed by atoms with E-state index in [4.69, 9.17) is 20.8 Å². The number of aromatic amines is 1. The third-order valence-corrected chi connectivity index (χ3v) is 7.08. The summed E-state index contributed by atoms with van der Waals surface area (Å²) in [5, 5.41) is 14.3. The summed E-state index contributed by atoms with van der Waals surface area (Å²) >= 11 is 0. The van der Waals surface area contributed by atoms with Crippen LogP contribution in [-0.2, 0) is 11.4 Å². The molecule has 9 heteroatoms. The molecule has 174 valence electrons. The van der Waals surface area contributed by atoms with E-state index in [2.05, 4.69) is 36.7 Å². The van der Waals surface area contributed by atoms with Crippen molar-refractivity contribution in [3.05, 3.63) is 24.3 Å². The minimum Gasteiger partial charge on any atom is -0.386 e. The number of fused-ring (bicyclic) bond motifs is 3. The van der Waals surface area contributed by atoms with Crippen LogP contribution in [-0.4, -0.2) is 49.9 Å². The summed E-state index contributed by atoms with van der Waals surface area (Å²) in [6, 6.07) is 4.71. The van der Waals surface area contributed by atoms with Crippen LogP contribution in [0.4, 0.5) is 0 Å². The molecule has 2 fully saturated rings. The molecule has 0 bridgehead atoms. The number of rotatable bonds is 7. The molecule has 0 aromatic carbocycles. The van der Waals surface area contributed by atoms with Crippen molar-refractivity contribution < 1.29 is 4.84 Å². The smallest absolute Gasteiger partial charge is 0.174 e. The van der Waals surface area contributed by atoms with Gasteiger partial charge in [0, 0.05) is 24.0 Å². The number of pyridine rings is 1. The summed E-state index contributed by atoms with van der Waals surface area (Å²) in [4.78, 5) is 20.6. The number of likely N-dealkylation sites (tertiary alicyclic amines) is 1. The molecule has 9 nitrogen and oxygen atoms in total. The Hall–Kier alpha value is -3.12. The van der Waals surface area contributed by atoms with Gasteiger partial charge in [-0.25, -0.2) is 9.97 Å². The van der Waals surface area contributed by atoms with E-state index >= 15 is 0 Å². The zero-order chi connectivity index (χ0) is 22.6. The molecular formula is C24H32N8O. The largest absolute Gasteiger partial charge is 0.386 e. The van der Waals surface area contributed by atoms with Gasteiger partial charge in [-0.2, -0.15) is 5.26 Å². The molecule has 1 aliphatic heterocycles. The van der Waals surface area contributed by atoms with E-state index in [0.717, 1.165) is 66.7 Å². The van der Waals surface area contributed by atoms with Crippen LogP contribution in [0.3, 0.4) is 0 Å². The topological polar surface area (TPSA) is 121 Å². The van der Waals surface area contributed by atoms with Gasteiger partial charge in [-0.3, -0.25) is 4.90 Å². The zero-order valence-electron chi connectivity index (χ0n) is 19.0. The number of H-pyrrole nitrogens is 1. The lowest BCUT2D eigenvalue weighted by molar-refractivity contribution is 0.117. The molecule has 0 unspecified atom stereocenters. The number of amidine groups is 1. The summed E-state index contributed by atoms with van der Waals surface area (Å²) in [7, 11) is 0.